The molecule has 0 aliphatic rings. The van der Waals surface area contributed by atoms with Crippen LogP contribution in [0.2, 0.25) is 0 Å². The highest BCUT2D eigenvalue weighted by molar-refractivity contribution is 7.88. The third kappa shape index (κ3) is 3.80. The lowest BCUT2D eigenvalue weighted by atomic mass is 10.2. The van der Waals surface area contributed by atoms with Gasteiger partial charge in [0.05, 0.1) is 5.75 Å². The van der Waals surface area contributed by atoms with E-state index >= 15 is 0 Å². The van der Waals surface area contributed by atoms with Crippen molar-refractivity contribution in [3.05, 3.63) is 65.8 Å². The van der Waals surface area contributed by atoms with Crippen LogP contribution >= 0.6 is 0 Å². The lowest BCUT2D eigenvalue weighted by molar-refractivity contribution is 0.480. The Hall–Kier alpha value is -2.25. The van der Waals surface area contributed by atoms with Gasteiger partial charge < -0.3 is 4.42 Å². The van der Waals surface area contributed by atoms with Gasteiger partial charge in [-0.1, -0.05) is 37.3 Å². The van der Waals surface area contributed by atoms with Crippen LogP contribution in [0.5, 0.6) is 0 Å². The van der Waals surface area contributed by atoms with Crippen LogP contribution in [0.1, 0.15) is 24.3 Å². The predicted molar refractivity (Wildman–Crippen MR) is 89.5 cm³/mol. The predicted octanol–water partition coefficient (Wildman–Crippen LogP) is 3.19. The summed E-state index contributed by atoms with van der Waals surface area (Å²) in [6, 6.07) is 13.2. The van der Waals surface area contributed by atoms with Crippen LogP contribution < -0.4 is 4.72 Å². The second-order valence-electron chi connectivity index (χ2n) is 5.62. The lowest BCUT2D eigenvalue weighted by Gasteiger charge is -2.10. The molecule has 0 radical (unpaired) electrons. The maximum absolute atomic E-state index is 13.6. The molecular weight excluding hydrogens is 331 g/mol. The number of hydrogen-bond acceptors (Lipinski definition) is 4. The van der Waals surface area contributed by atoms with Crippen LogP contribution in [0.4, 0.5) is 4.39 Å². The summed E-state index contributed by atoms with van der Waals surface area (Å²) in [6.45, 7) is 1.94. The molecule has 0 saturated carbocycles. The first-order chi connectivity index (χ1) is 11.4. The fourth-order valence-corrected chi connectivity index (χ4v) is 3.56. The summed E-state index contributed by atoms with van der Waals surface area (Å²) in [5.41, 5.74) is 1.53. The first-order valence-electron chi connectivity index (χ1n) is 7.51. The van der Waals surface area contributed by atoms with Crippen molar-refractivity contribution in [2.45, 2.75) is 18.6 Å². The summed E-state index contributed by atoms with van der Waals surface area (Å²) in [7, 11) is -3.65. The SMILES string of the molecule is C[C@@H](CNS(=O)(=O)Cc1ccccc1F)c1nc2ccccc2o1. The maximum Gasteiger partial charge on any atom is 0.215 e. The molecule has 24 heavy (non-hydrogen) atoms. The van der Waals surface area contributed by atoms with E-state index in [9.17, 15) is 12.8 Å². The van der Waals surface area contributed by atoms with Crippen molar-refractivity contribution >= 4 is 21.1 Å². The van der Waals surface area contributed by atoms with Gasteiger partial charge in [0.2, 0.25) is 10.0 Å². The zero-order chi connectivity index (χ0) is 17.2. The van der Waals surface area contributed by atoms with Crippen LogP contribution in [0.15, 0.2) is 52.9 Å². The van der Waals surface area contributed by atoms with Crippen LogP contribution in [-0.2, 0) is 15.8 Å². The smallest absolute Gasteiger partial charge is 0.215 e. The number of aromatic nitrogens is 1. The molecule has 5 nitrogen and oxygen atoms in total. The fraction of sp³-hybridized carbons (Fsp3) is 0.235. The maximum atomic E-state index is 13.6. The molecule has 0 spiro atoms. The standard InChI is InChI=1S/C17H17FN2O3S/c1-12(17-20-15-8-4-5-9-16(15)23-17)10-19-24(21,22)11-13-6-2-3-7-14(13)18/h2-9,12,19H,10-11H2,1H3/t12-/m0/s1. The van der Waals surface area contributed by atoms with Gasteiger partial charge in [0, 0.05) is 18.0 Å². The van der Waals surface area contributed by atoms with E-state index in [2.05, 4.69) is 9.71 Å². The zero-order valence-corrected chi connectivity index (χ0v) is 13.9. The van der Waals surface area contributed by atoms with Crippen LogP contribution in [0.3, 0.4) is 0 Å². The average molecular weight is 348 g/mol. The van der Waals surface area contributed by atoms with Crippen LogP contribution in [0, 0.1) is 5.82 Å². The Morgan fingerprint density at radius 3 is 2.62 bits per heavy atom. The average Bonchev–Trinajstić information content (AvgIpc) is 2.99. The molecule has 3 rings (SSSR count). The van der Waals surface area contributed by atoms with Crippen molar-refractivity contribution in [2.75, 3.05) is 6.54 Å². The van der Waals surface area contributed by atoms with Gasteiger partial charge in [-0.15, -0.1) is 0 Å². The van der Waals surface area contributed by atoms with Gasteiger partial charge in [-0.25, -0.2) is 22.5 Å². The summed E-state index contributed by atoms with van der Waals surface area (Å²) in [4.78, 5) is 4.35. The van der Waals surface area contributed by atoms with Gasteiger partial charge in [0.25, 0.3) is 0 Å². The van der Waals surface area contributed by atoms with Gasteiger partial charge in [0.15, 0.2) is 11.5 Å². The minimum Gasteiger partial charge on any atom is -0.440 e. The number of hydrogen-bond donors (Lipinski definition) is 1. The molecule has 0 aliphatic heterocycles. The number of fused-ring (bicyclic) bond motifs is 1. The number of nitrogens with one attached hydrogen (secondary N) is 1. The topological polar surface area (TPSA) is 72.2 Å². The molecule has 1 atom stereocenters. The molecule has 0 fully saturated rings. The van der Waals surface area contributed by atoms with E-state index in [1.807, 2.05) is 25.1 Å². The monoisotopic (exact) mass is 348 g/mol. The highest BCUT2D eigenvalue weighted by atomic mass is 32.2. The summed E-state index contributed by atoms with van der Waals surface area (Å²) < 4.78 is 46.0. The second-order valence-corrected chi connectivity index (χ2v) is 7.43. The van der Waals surface area contributed by atoms with Crippen molar-refractivity contribution in [3.63, 3.8) is 0 Å². The first kappa shape index (κ1) is 16.6. The van der Waals surface area contributed by atoms with Crippen molar-refractivity contribution in [2.24, 2.45) is 0 Å². The van der Waals surface area contributed by atoms with Gasteiger partial charge in [-0.2, -0.15) is 0 Å². The molecule has 7 heteroatoms. The molecule has 0 saturated heterocycles. The second kappa shape index (κ2) is 6.70. The Morgan fingerprint density at radius 2 is 1.88 bits per heavy atom. The molecule has 2 aromatic carbocycles. The van der Waals surface area contributed by atoms with E-state index in [1.54, 1.807) is 12.1 Å². The summed E-state index contributed by atoms with van der Waals surface area (Å²) in [6.07, 6.45) is 0. The normalized spacial score (nSPS) is 13.2. The zero-order valence-electron chi connectivity index (χ0n) is 13.1. The molecule has 0 unspecified atom stereocenters. The Balaban J connectivity index is 1.66. The third-order valence-corrected chi connectivity index (χ3v) is 4.94. The molecule has 126 valence electrons. The largest absolute Gasteiger partial charge is 0.440 e. The molecular formula is C17H17FN2O3S. The minimum atomic E-state index is -3.65. The van der Waals surface area contributed by atoms with E-state index in [4.69, 9.17) is 4.42 Å². The summed E-state index contributed by atoms with van der Waals surface area (Å²) in [5.74, 6) is -0.715. The molecule has 1 aromatic heterocycles. The molecule has 1 heterocycles. The van der Waals surface area contributed by atoms with Gasteiger partial charge in [0.1, 0.15) is 11.3 Å². The highest BCUT2D eigenvalue weighted by Gasteiger charge is 2.18. The fourth-order valence-electron chi connectivity index (χ4n) is 2.31. The number of para-hydroxylation sites is 2. The van der Waals surface area contributed by atoms with E-state index in [0.29, 0.717) is 11.5 Å². The van der Waals surface area contributed by atoms with Gasteiger partial charge >= 0.3 is 0 Å². The number of rotatable bonds is 6. The molecule has 0 bridgehead atoms. The number of benzene rings is 2. The molecule has 0 aliphatic carbocycles. The minimum absolute atomic E-state index is 0.129. The van der Waals surface area contributed by atoms with Crippen LogP contribution in [-0.4, -0.2) is 19.9 Å². The van der Waals surface area contributed by atoms with Gasteiger partial charge in [-0.3, -0.25) is 0 Å². The van der Waals surface area contributed by atoms with Crippen LogP contribution in [0.25, 0.3) is 11.1 Å². The summed E-state index contributed by atoms with van der Waals surface area (Å²) in [5, 5.41) is 0. The Kier molecular flexibility index (Phi) is 4.64. The van der Waals surface area contributed by atoms with Crippen molar-refractivity contribution in [1.82, 2.24) is 9.71 Å². The Labute approximate surface area is 139 Å². The molecule has 3 aromatic rings. The van der Waals surface area contributed by atoms with E-state index < -0.39 is 21.6 Å². The van der Waals surface area contributed by atoms with Crippen molar-refractivity contribution in [3.8, 4) is 0 Å². The van der Waals surface area contributed by atoms with Crippen molar-refractivity contribution in [1.29, 1.82) is 0 Å². The summed E-state index contributed by atoms with van der Waals surface area (Å²) >= 11 is 0. The Bertz CT molecular complexity index is 920. The lowest BCUT2D eigenvalue weighted by Crippen LogP contribution is -2.29. The van der Waals surface area contributed by atoms with Gasteiger partial charge in [-0.05, 0) is 18.2 Å². The first-order valence-corrected chi connectivity index (χ1v) is 9.16. The van der Waals surface area contributed by atoms with E-state index in [-0.39, 0.29) is 18.0 Å². The Morgan fingerprint density at radius 1 is 1.17 bits per heavy atom. The van der Waals surface area contributed by atoms with E-state index in [1.165, 1.54) is 18.2 Å². The van der Waals surface area contributed by atoms with E-state index in [0.717, 1.165) is 5.52 Å². The number of nitrogens with zero attached hydrogens (tertiary/aromatic N) is 1. The highest BCUT2D eigenvalue weighted by Crippen LogP contribution is 2.21. The quantitative estimate of drug-likeness (QED) is 0.742. The molecule has 1 N–H and O–H groups in total. The molecule has 0 amide bonds. The van der Waals surface area contributed by atoms with Crippen molar-refractivity contribution < 1.29 is 17.2 Å². The number of sulfonamides is 1. The number of oxazole rings is 1. The number of halogens is 1. The third-order valence-electron chi connectivity index (χ3n) is 3.64.